The number of hydrogen-bond acceptors (Lipinski definition) is 5. The third-order valence-corrected chi connectivity index (χ3v) is 9.06. The fourth-order valence-corrected chi connectivity index (χ4v) is 6.40. The van der Waals surface area contributed by atoms with Crippen LogP contribution in [0.5, 0.6) is 5.75 Å². The van der Waals surface area contributed by atoms with Crippen molar-refractivity contribution < 1.29 is 27.5 Å². The number of amides is 2. The average molecular weight is 643 g/mol. The van der Waals surface area contributed by atoms with E-state index in [1.54, 1.807) is 23.1 Å². The molecule has 10 heteroatoms. The van der Waals surface area contributed by atoms with Crippen LogP contribution < -0.4 is 15.0 Å². The van der Waals surface area contributed by atoms with Crippen molar-refractivity contribution in [3.63, 3.8) is 0 Å². The molecule has 0 bridgehead atoms. The van der Waals surface area contributed by atoms with Crippen LogP contribution >= 0.6 is 0 Å². The Morgan fingerprint density at radius 2 is 1.62 bits per heavy atom. The minimum absolute atomic E-state index is 0.143. The topological polar surface area (TPSA) is 65.1 Å². The molecule has 244 valence electrons. The number of hydrogen-bond donors (Lipinski definition) is 1. The normalized spacial score (nSPS) is 18.6. The Hall–Kier alpha value is -4.83. The number of ether oxygens (including phenoxy) is 1. The number of aryl methyl sites for hydroxylation is 1. The summed E-state index contributed by atoms with van der Waals surface area (Å²) < 4.78 is 46.2. The second kappa shape index (κ2) is 13.1. The first-order valence-corrected chi connectivity index (χ1v) is 15.6. The quantitative estimate of drug-likeness (QED) is 0.238. The maximum absolute atomic E-state index is 14.5. The molecule has 4 aromatic carbocycles. The fourth-order valence-electron chi connectivity index (χ4n) is 6.40. The van der Waals surface area contributed by atoms with Crippen LogP contribution in [0.15, 0.2) is 91.0 Å². The van der Waals surface area contributed by atoms with Crippen LogP contribution in [0.1, 0.15) is 50.1 Å². The van der Waals surface area contributed by atoms with Gasteiger partial charge in [0.1, 0.15) is 5.75 Å². The maximum atomic E-state index is 14.5. The molecule has 0 saturated carbocycles. The van der Waals surface area contributed by atoms with E-state index in [2.05, 4.69) is 22.2 Å². The van der Waals surface area contributed by atoms with E-state index in [9.17, 15) is 22.8 Å². The van der Waals surface area contributed by atoms with Crippen LogP contribution in [0.4, 0.5) is 24.5 Å². The van der Waals surface area contributed by atoms with Gasteiger partial charge < -0.3 is 24.8 Å². The molecule has 1 N–H and O–H groups in total. The molecule has 6 rings (SSSR count). The van der Waals surface area contributed by atoms with Gasteiger partial charge in [0.25, 0.3) is 5.91 Å². The van der Waals surface area contributed by atoms with Gasteiger partial charge in [-0.3, -0.25) is 9.59 Å². The number of methoxy groups -OCH3 is 1. The summed E-state index contributed by atoms with van der Waals surface area (Å²) in [6.07, 6.45) is -4.53. The number of piperazine rings is 1. The molecule has 2 amide bonds. The summed E-state index contributed by atoms with van der Waals surface area (Å²) in [6, 6.07) is 24.2. The maximum Gasteiger partial charge on any atom is 0.416 e. The Balaban J connectivity index is 1.43. The van der Waals surface area contributed by atoms with E-state index >= 15 is 0 Å². The van der Waals surface area contributed by atoms with Crippen molar-refractivity contribution in [1.82, 2.24) is 9.80 Å². The molecule has 4 aromatic rings. The van der Waals surface area contributed by atoms with Gasteiger partial charge in [0.05, 0.1) is 24.6 Å². The number of carbonyl (C=O) groups excluding carboxylic acids is 2. The summed E-state index contributed by atoms with van der Waals surface area (Å²) in [7, 11) is 3.59. The smallest absolute Gasteiger partial charge is 0.416 e. The largest absolute Gasteiger partial charge is 0.497 e. The summed E-state index contributed by atoms with van der Waals surface area (Å²) in [4.78, 5) is 34.9. The fraction of sp³-hybridized carbons (Fsp3) is 0.297. The first-order chi connectivity index (χ1) is 22.5. The molecule has 0 aromatic heterocycles. The molecule has 0 spiro atoms. The van der Waals surface area contributed by atoms with Gasteiger partial charge in [-0.25, -0.2) is 0 Å². The van der Waals surface area contributed by atoms with Crippen LogP contribution in [-0.2, 0) is 17.5 Å². The Labute approximate surface area is 272 Å². The molecular formula is C37H37F3N4O3. The zero-order valence-corrected chi connectivity index (χ0v) is 26.6. The van der Waals surface area contributed by atoms with Gasteiger partial charge in [-0.15, -0.1) is 0 Å². The number of rotatable bonds is 7. The first-order valence-electron chi connectivity index (χ1n) is 15.6. The molecule has 47 heavy (non-hydrogen) atoms. The van der Waals surface area contributed by atoms with Gasteiger partial charge >= 0.3 is 6.18 Å². The molecule has 1 fully saturated rings. The summed E-state index contributed by atoms with van der Waals surface area (Å²) in [5.41, 5.74) is 3.86. The number of fused-ring (bicyclic) bond motifs is 1. The second-order valence-electron chi connectivity index (χ2n) is 12.2. The van der Waals surface area contributed by atoms with Crippen molar-refractivity contribution in [3.05, 3.63) is 124 Å². The predicted molar refractivity (Wildman–Crippen MR) is 176 cm³/mol. The van der Waals surface area contributed by atoms with Gasteiger partial charge in [0, 0.05) is 49.7 Å². The van der Waals surface area contributed by atoms with Crippen LogP contribution in [0.25, 0.3) is 0 Å². The number of alkyl halides is 3. The Morgan fingerprint density at radius 1 is 0.915 bits per heavy atom. The van der Waals surface area contributed by atoms with Crippen molar-refractivity contribution in [2.45, 2.75) is 31.6 Å². The van der Waals surface area contributed by atoms with Crippen LogP contribution in [0, 0.1) is 6.92 Å². The molecule has 2 atom stereocenters. The predicted octanol–water partition coefficient (Wildman–Crippen LogP) is 6.89. The molecule has 2 heterocycles. The van der Waals surface area contributed by atoms with Crippen LogP contribution in [0.2, 0.25) is 0 Å². The van der Waals surface area contributed by atoms with Crippen molar-refractivity contribution in [2.24, 2.45) is 0 Å². The Morgan fingerprint density at radius 3 is 2.28 bits per heavy atom. The summed E-state index contributed by atoms with van der Waals surface area (Å²) >= 11 is 0. The minimum Gasteiger partial charge on any atom is -0.497 e. The third kappa shape index (κ3) is 6.83. The zero-order chi connectivity index (χ0) is 33.3. The highest BCUT2D eigenvalue weighted by Crippen LogP contribution is 2.45. The van der Waals surface area contributed by atoms with Crippen molar-refractivity contribution in [3.8, 4) is 5.75 Å². The number of nitrogens with one attached hydrogen (secondary N) is 1. The highest BCUT2D eigenvalue weighted by atomic mass is 19.4. The third-order valence-electron chi connectivity index (χ3n) is 9.06. The lowest BCUT2D eigenvalue weighted by molar-refractivity contribution is -0.137. The van der Waals surface area contributed by atoms with Gasteiger partial charge in [-0.2, -0.15) is 13.2 Å². The second-order valence-corrected chi connectivity index (χ2v) is 12.2. The number of halogens is 3. The molecule has 2 aliphatic heterocycles. The number of benzene rings is 4. The Bertz CT molecular complexity index is 1750. The highest BCUT2D eigenvalue weighted by Gasteiger charge is 2.45. The lowest BCUT2D eigenvalue weighted by atomic mass is 9.78. The van der Waals surface area contributed by atoms with E-state index < -0.39 is 23.7 Å². The van der Waals surface area contributed by atoms with E-state index in [-0.39, 0.29) is 18.4 Å². The molecule has 0 aliphatic carbocycles. The standard InChI is InChI=1S/C37H37F3N4O3/c1-24-7-9-25(10-8-24)23-44-34(26-11-13-27(14-12-26)37(38,39)40)33(31-16-15-30(47-3)22-32(31)36(44)46)35(45)41-28-5-4-6-29(21-28)43-19-17-42(2)18-20-43/h4-16,21-22,33-34H,17-20,23H2,1-3H3,(H,41,45)/t33-,34+/m1/s1. The monoisotopic (exact) mass is 642 g/mol. The summed E-state index contributed by atoms with van der Waals surface area (Å²) in [6.45, 7) is 5.68. The first kappa shape index (κ1) is 32.1. The number of anilines is 2. The molecule has 0 radical (unpaired) electrons. The Kier molecular flexibility index (Phi) is 8.96. The van der Waals surface area contributed by atoms with Crippen molar-refractivity contribution in [2.75, 3.05) is 50.6 Å². The van der Waals surface area contributed by atoms with E-state index in [1.165, 1.54) is 19.2 Å². The molecule has 2 aliphatic rings. The van der Waals surface area contributed by atoms with Crippen LogP contribution in [0.3, 0.4) is 0 Å². The van der Waals surface area contributed by atoms with E-state index in [4.69, 9.17) is 4.74 Å². The zero-order valence-electron chi connectivity index (χ0n) is 26.6. The van der Waals surface area contributed by atoms with Crippen molar-refractivity contribution in [1.29, 1.82) is 0 Å². The van der Waals surface area contributed by atoms with Crippen LogP contribution in [-0.4, -0.2) is 62.0 Å². The number of carbonyl (C=O) groups is 2. The van der Waals surface area contributed by atoms with E-state index in [0.29, 0.717) is 28.1 Å². The lowest BCUT2D eigenvalue weighted by Gasteiger charge is -2.42. The molecule has 0 unspecified atom stereocenters. The van der Waals surface area contributed by atoms with E-state index in [0.717, 1.165) is 55.1 Å². The van der Waals surface area contributed by atoms with Gasteiger partial charge in [-0.1, -0.05) is 54.1 Å². The summed E-state index contributed by atoms with van der Waals surface area (Å²) in [5, 5.41) is 3.09. The average Bonchev–Trinajstić information content (AvgIpc) is 3.06. The number of likely N-dealkylation sites (N-methyl/N-ethyl adjacent to an activating group) is 1. The number of nitrogens with zero attached hydrogens (tertiary/aromatic N) is 3. The van der Waals surface area contributed by atoms with Crippen molar-refractivity contribution >= 4 is 23.2 Å². The summed E-state index contributed by atoms with van der Waals surface area (Å²) in [5.74, 6) is -1.20. The minimum atomic E-state index is -4.53. The lowest BCUT2D eigenvalue weighted by Crippen LogP contribution is -2.45. The highest BCUT2D eigenvalue weighted by molar-refractivity contribution is 6.04. The molecule has 1 saturated heterocycles. The van der Waals surface area contributed by atoms with Gasteiger partial charge in [0.2, 0.25) is 5.91 Å². The molecular weight excluding hydrogens is 605 g/mol. The van der Waals surface area contributed by atoms with Gasteiger partial charge in [-0.05, 0) is 73.1 Å². The SMILES string of the molecule is COc1ccc2c(c1)C(=O)N(Cc1ccc(C)cc1)[C@@H](c1ccc(C(F)(F)F)cc1)[C@@H]2C(=O)Nc1cccc(N2CCN(C)CC2)c1. The van der Waals surface area contributed by atoms with Gasteiger partial charge in [0.15, 0.2) is 0 Å². The van der Waals surface area contributed by atoms with E-state index in [1.807, 2.05) is 55.5 Å². The molecule has 7 nitrogen and oxygen atoms in total.